The number of hydrogen-bond donors (Lipinski definition) is 0. The van der Waals surface area contributed by atoms with Gasteiger partial charge in [-0.3, -0.25) is 9.69 Å². The molecule has 0 aliphatic carbocycles. The molecule has 1 fully saturated rings. The van der Waals surface area contributed by atoms with Crippen LogP contribution in [0.1, 0.15) is 57.2 Å². The molecule has 26 heavy (non-hydrogen) atoms. The molecular weight excluding hydrogens is 348 g/mol. The van der Waals surface area contributed by atoms with Crippen molar-refractivity contribution in [1.29, 1.82) is 0 Å². The minimum absolute atomic E-state index is 0.00286. The Morgan fingerprint density at radius 1 is 1.31 bits per heavy atom. The van der Waals surface area contributed by atoms with Crippen molar-refractivity contribution in [1.82, 2.24) is 4.90 Å². The molecule has 5 nitrogen and oxygen atoms in total. The van der Waals surface area contributed by atoms with Gasteiger partial charge in [0.15, 0.2) is 5.17 Å². The predicted octanol–water partition coefficient (Wildman–Crippen LogP) is 4.02. The fourth-order valence-corrected chi connectivity index (χ4v) is 4.47. The van der Waals surface area contributed by atoms with Crippen LogP contribution in [0.15, 0.2) is 40.5 Å². The Hall–Kier alpha value is -2.08. The topological polar surface area (TPSA) is 59.0 Å². The summed E-state index contributed by atoms with van der Waals surface area (Å²) in [6.07, 6.45) is 0.727. The molecule has 2 atom stereocenters. The first kappa shape index (κ1) is 18.7. The molecule has 0 N–H and O–H groups in total. The van der Waals surface area contributed by atoms with Crippen LogP contribution in [-0.4, -0.2) is 34.3 Å². The minimum atomic E-state index is -0.493. The molecule has 2 aliphatic heterocycles. The van der Waals surface area contributed by atoms with E-state index in [1.54, 1.807) is 11.8 Å². The van der Waals surface area contributed by atoms with Gasteiger partial charge in [0, 0.05) is 0 Å². The van der Waals surface area contributed by atoms with Crippen LogP contribution in [0, 0.1) is 0 Å². The SMILES string of the molecule is CC[C@@H]1SC2=NC(C)=C(C(=O)OC)[C@H](c3ccc(C(C)C)cc3)N2C1=O. The molecule has 0 spiro atoms. The molecule has 2 aliphatic rings. The van der Waals surface area contributed by atoms with Crippen LogP contribution in [0.2, 0.25) is 0 Å². The number of amides is 1. The van der Waals surface area contributed by atoms with E-state index in [2.05, 4.69) is 31.0 Å². The van der Waals surface area contributed by atoms with Gasteiger partial charge in [0.25, 0.3) is 0 Å². The van der Waals surface area contributed by atoms with E-state index >= 15 is 0 Å². The monoisotopic (exact) mass is 372 g/mol. The van der Waals surface area contributed by atoms with Gasteiger partial charge < -0.3 is 4.74 Å². The number of ether oxygens (including phenoxy) is 1. The molecule has 3 rings (SSSR count). The summed E-state index contributed by atoms with van der Waals surface area (Å²) in [4.78, 5) is 31.6. The largest absolute Gasteiger partial charge is 0.466 e. The van der Waals surface area contributed by atoms with Crippen LogP contribution in [-0.2, 0) is 14.3 Å². The number of thioether (sulfide) groups is 1. The summed E-state index contributed by atoms with van der Waals surface area (Å²) < 4.78 is 5.00. The van der Waals surface area contributed by atoms with Crippen molar-refractivity contribution in [2.45, 2.75) is 51.3 Å². The number of nitrogens with zero attached hydrogens (tertiary/aromatic N) is 2. The maximum absolute atomic E-state index is 12.9. The average molecular weight is 372 g/mol. The highest BCUT2D eigenvalue weighted by Crippen LogP contribution is 2.44. The van der Waals surface area contributed by atoms with Crippen molar-refractivity contribution in [3.8, 4) is 0 Å². The molecule has 1 saturated heterocycles. The third-order valence-electron chi connectivity index (χ3n) is 4.85. The average Bonchev–Trinajstić information content (AvgIpc) is 2.95. The maximum atomic E-state index is 12.9. The summed E-state index contributed by atoms with van der Waals surface area (Å²) in [7, 11) is 1.36. The third-order valence-corrected chi connectivity index (χ3v) is 6.16. The molecule has 2 heterocycles. The number of methoxy groups -OCH3 is 1. The van der Waals surface area contributed by atoms with E-state index < -0.39 is 12.0 Å². The molecule has 1 aromatic rings. The van der Waals surface area contributed by atoms with E-state index in [0.717, 1.165) is 12.0 Å². The van der Waals surface area contributed by atoms with Crippen molar-refractivity contribution in [3.63, 3.8) is 0 Å². The third kappa shape index (κ3) is 3.07. The summed E-state index contributed by atoms with van der Waals surface area (Å²) in [5.74, 6) is -0.0256. The second-order valence-electron chi connectivity index (χ2n) is 6.83. The van der Waals surface area contributed by atoms with Gasteiger partial charge in [-0.25, -0.2) is 9.79 Å². The molecule has 138 valence electrons. The van der Waals surface area contributed by atoms with E-state index in [1.807, 2.05) is 19.1 Å². The van der Waals surface area contributed by atoms with Crippen LogP contribution in [0.4, 0.5) is 0 Å². The summed E-state index contributed by atoms with van der Waals surface area (Å²) in [5, 5.41) is 0.515. The zero-order chi connectivity index (χ0) is 19.0. The number of carbonyl (C=O) groups is 2. The van der Waals surface area contributed by atoms with Gasteiger partial charge in [-0.15, -0.1) is 0 Å². The number of benzene rings is 1. The van der Waals surface area contributed by atoms with Crippen LogP contribution >= 0.6 is 11.8 Å². The molecular formula is C20H24N2O3S. The second-order valence-corrected chi connectivity index (χ2v) is 8.00. The lowest BCUT2D eigenvalue weighted by molar-refractivity contribution is -0.137. The molecule has 0 radical (unpaired) electrons. The van der Waals surface area contributed by atoms with E-state index in [4.69, 9.17) is 4.74 Å². The molecule has 6 heteroatoms. The summed E-state index contributed by atoms with van der Waals surface area (Å²) >= 11 is 1.47. The molecule has 1 aromatic carbocycles. The Labute approximate surface area is 158 Å². The van der Waals surface area contributed by atoms with Gasteiger partial charge in [-0.05, 0) is 30.4 Å². The highest BCUT2D eigenvalue weighted by atomic mass is 32.2. The maximum Gasteiger partial charge on any atom is 0.338 e. The molecule has 0 aromatic heterocycles. The summed E-state index contributed by atoms with van der Waals surface area (Å²) in [5.41, 5.74) is 3.15. The van der Waals surface area contributed by atoms with Crippen molar-refractivity contribution in [2.24, 2.45) is 4.99 Å². The quantitative estimate of drug-likeness (QED) is 0.749. The molecule has 1 amide bonds. The smallest absolute Gasteiger partial charge is 0.338 e. The van der Waals surface area contributed by atoms with Crippen LogP contribution in [0.5, 0.6) is 0 Å². The Morgan fingerprint density at radius 3 is 2.50 bits per heavy atom. The van der Waals surface area contributed by atoms with Crippen molar-refractivity contribution < 1.29 is 14.3 Å². The first-order valence-electron chi connectivity index (χ1n) is 8.86. The Morgan fingerprint density at radius 2 is 1.96 bits per heavy atom. The lowest BCUT2D eigenvalue weighted by atomic mass is 9.92. The number of rotatable bonds is 4. The lowest BCUT2D eigenvalue weighted by Gasteiger charge is -2.33. The first-order chi connectivity index (χ1) is 12.4. The van der Waals surface area contributed by atoms with E-state index in [1.165, 1.54) is 24.4 Å². The Bertz CT molecular complexity index is 796. The highest BCUT2D eigenvalue weighted by molar-refractivity contribution is 8.15. The van der Waals surface area contributed by atoms with Gasteiger partial charge in [0.1, 0.15) is 0 Å². The van der Waals surface area contributed by atoms with Gasteiger partial charge in [-0.1, -0.05) is 56.8 Å². The Kier molecular flexibility index (Phi) is 5.23. The van der Waals surface area contributed by atoms with Gasteiger partial charge in [0.2, 0.25) is 5.91 Å². The van der Waals surface area contributed by atoms with Crippen LogP contribution in [0.3, 0.4) is 0 Å². The van der Waals surface area contributed by atoms with E-state index in [9.17, 15) is 9.59 Å². The standard InChI is InChI=1S/C20H24N2O3S/c1-6-15-18(23)22-17(14-9-7-13(8-10-14)11(2)3)16(19(24)25-5)12(4)21-20(22)26-15/h7-11,15,17H,6H2,1-5H3/t15-,17-/m0/s1. The van der Waals surface area contributed by atoms with Gasteiger partial charge >= 0.3 is 5.97 Å². The predicted molar refractivity (Wildman–Crippen MR) is 104 cm³/mol. The van der Waals surface area contributed by atoms with Crippen molar-refractivity contribution in [3.05, 3.63) is 46.7 Å². The Balaban J connectivity index is 2.11. The number of aliphatic imine (C=N–C) groups is 1. The number of amidine groups is 1. The van der Waals surface area contributed by atoms with Crippen LogP contribution < -0.4 is 0 Å². The number of hydrogen-bond acceptors (Lipinski definition) is 5. The summed E-state index contributed by atoms with van der Waals surface area (Å²) in [6.45, 7) is 8.06. The van der Waals surface area contributed by atoms with Crippen molar-refractivity contribution >= 4 is 28.8 Å². The second kappa shape index (κ2) is 7.27. The zero-order valence-corrected chi connectivity index (χ0v) is 16.6. The molecule has 0 unspecified atom stereocenters. The highest BCUT2D eigenvalue weighted by Gasteiger charge is 2.47. The van der Waals surface area contributed by atoms with E-state index in [-0.39, 0.29) is 11.2 Å². The summed E-state index contributed by atoms with van der Waals surface area (Å²) in [6, 6.07) is 7.61. The number of esters is 1. The van der Waals surface area contributed by atoms with Crippen LogP contribution in [0.25, 0.3) is 0 Å². The normalized spacial score (nSPS) is 22.6. The minimum Gasteiger partial charge on any atom is -0.466 e. The number of fused-ring (bicyclic) bond motifs is 1. The lowest BCUT2D eigenvalue weighted by Crippen LogP contribution is -2.40. The van der Waals surface area contributed by atoms with Gasteiger partial charge in [0.05, 0.1) is 29.7 Å². The molecule has 0 saturated carbocycles. The van der Waals surface area contributed by atoms with E-state index in [0.29, 0.717) is 22.4 Å². The number of carbonyl (C=O) groups excluding carboxylic acids is 2. The van der Waals surface area contributed by atoms with Gasteiger partial charge in [-0.2, -0.15) is 0 Å². The zero-order valence-electron chi connectivity index (χ0n) is 15.8. The fraction of sp³-hybridized carbons (Fsp3) is 0.450. The first-order valence-corrected chi connectivity index (χ1v) is 9.74. The number of allylic oxidation sites excluding steroid dienone is 1. The van der Waals surface area contributed by atoms with Crippen molar-refractivity contribution in [2.75, 3.05) is 7.11 Å². The molecule has 0 bridgehead atoms. The fourth-order valence-electron chi connectivity index (χ4n) is 3.34.